The molecule has 164 valence electrons. The average Bonchev–Trinajstić information content (AvgIpc) is 3.12. The highest BCUT2D eigenvalue weighted by Crippen LogP contribution is 2.28. The lowest BCUT2D eigenvalue weighted by Crippen LogP contribution is -2.37. The van der Waals surface area contributed by atoms with Crippen molar-refractivity contribution in [3.63, 3.8) is 0 Å². The lowest BCUT2D eigenvalue weighted by molar-refractivity contribution is -0.116. The molecule has 0 saturated carbocycles. The number of rotatable bonds is 5. The monoisotopic (exact) mass is 449 g/mol. The smallest absolute Gasteiger partial charge is 0.243 e. The number of carbonyl (C=O) groups is 1. The Morgan fingerprint density at radius 3 is 2.47 bits per heavy atom. The second kappa shape index (κ2) is 8.57. The van der Waals surface area contributed by atoms with E-state index >= 15 is 0 Å². The maximum Gasteiger partial charge on any atom is 0.243 e. The largest absolute Gasteiger partial charge is 0.307 e. The van der Waals surface area contributed by atoms with Crippen molar-refractivity contribution < 1.29 is 13.2 Å². The zero-order valence-corrected chi connectivity index (χ0v) is 18.7. The lowest BCUT2D eigenvalue weighted by atomic mass is 10.1. The van der Waals surface area contributed by atoms with Crippen LogP contribution in [0.5, 0.6) is 0 Å². The molecule has 0 fully saturated rings. The Morgan fingerprint density at radius 1 is 1.16 bits per heavy atom. The maximum atomic E-state index is 13.2. The standard InChI is InChI=1S/C23H23N5O3S/c1-17(29)28(19-6-4-3-5-7-19)16-22-21-15-27(13-12-23(21)26(2)25-22)32(30,31)20-10-8-18(14-24)9-11-20/h3-11H,12-13,15-16H2,1-2H3. The number of benzene rings is 2. The molecule has 0 N–H and O–H groups in total. The molecule has 4 rings (SSSR count). The summed E-state index contributed by atoms with van der Waals surface area (Å²) < 4.78 is 29.6. The number of hydrogen-bond donors (Lipinski definition) is 0. The molecule has 0 bridgehead atoms. The van der Waals surface area contributed by atoms with Crippen molar-refractivity contribution in [3.8, 4) is 6.07 Å². The molecule has 32 heavy (non-hydrogen) atoms. The number of amides is 1. The second-order valence-electron chi connectivity index (χ2n) is 7.66. The van der Waals surface area contributed by atoms with E-state index in [1.165, 1.54) is 35.5 Å². The van der Waals surface area contributed by atoms with Gasteiger partial charge >= 0.3 is 0 Å². The van der Waals surface area contributed by atoms with Gasteiger partial charge in [0.05, 0.1) is 28.8 Å². The summed E-state index contributed by atoms with van der Waals surface area (Å²) >= 11 is 0. The van der Waals surface area contributed by atoms with Crippen LogP contribution in [0.1, 0.15) is 29.4 Å². The maximum absolute atomic E-state index is 13.2. The van der Waals surface area contributed by atoms with E-state index in [-0.39, 0.29) is 23.9 Å². The summed E-state index contributed by atoms with van der Waals surface area (Å²) in [5, 5.41) is 13.6. The minimum absolute atomic E-state index is 0.117. The number of aromatic nitrogens is 2. The predicted octanol–water partition coefficient (Wildman–Crippen LogP) is 2.59. The minimum atomic E-state index is -3.73. The zero-order valence-electron chi connectivity index (χ0n) is 17.9. The van der Waals surface area contributed by atoms with Gasteiger partial charge in [-0.05, 0) is 36.4 Å². The molecule has 3 aromatic rings. The number of para-hydroxylation sites is 1. The molecule has 1 aromatic heterocycles. The van der Waals surface area contributed by atoms with Gasteiger partial charge in [-0.15, -0.1) is 0 Å². The molecule has 1 aliphatic heterocycles. The molecule has 9 heteroatoms. The van der Waals surface area contributed by atoms with Crippen LogP contribution in [0.25, 0.3) is 0 Å². The lowest BCUT2D eigenvalue weighted by Gasteiger charge is -2.28. The third-order valence-electron chi connectivity index (χ3n) is 5.67. The van der Waals surface area contributed by atoms with Crippen LogP contribution in [-0.2, 0) is 41.4 Å². The van der Waals surface area contributed by atoms with Crippen LogP contribution in [0.2, 0.25) is 0 Å². The fraction of sp³-hybridized carbons (Fsp3) is 0.261. The van der Waals surface area contributed by atoms with Crippen LogP contribution < -0.4 is 4.90 Å². The Morgan fingerprint density at radius 2 is 1.84 bits per heavy atom. The number of aryl methyl sites for hydroxylation is 1. The number of anilines is 1. The van der Waals surface area contributed by atoms with E-state index in [1.54, 1.807) is 9.58 Å². The van der Waals surface area contributed by atoms with Crippen LogP contribution in [-0.4, -0.2) is 35.0 Å². The Kier molecular flexibility index (Phi) is 5.82. The van der Waals surface area contributed by atoms with Gasteiger partial charge in [-0.1, -0.05) is 18.2 Å². The first-order valence-electron chi connectivity index (χ1n) is 10.2. The first-order chi connectivity index (χ1) is 15.3. The summed E-state index contributed by atoms with van der Waals surface area (Å²) in [5.41, 5.74) is 3.66. The molecule has 0 atom stereocenters. The van der Waals surface area contributed by atoms with E-state index in [4.69, 9.17) is 5.26 Å². The zero-order chi connectivity index (χ0) is 22.9. The van der Waals surface area contributed by atoms with E-state index < -0.39 is 10.0 Å². The Hall–Kier alpha value is -3.48. The molecule has 2 aromatic carbocycles. The Bertz CT molecular complexity index is 1290. The first kappa shape index (κ1) is 21.7. The molecule has 0 spiro atoms. The van der Waals surface area contributed by atoms with Crippen LogP contribution in [0.15, 0.2) is 59.5 Å². The van der Waals surface area contributed by atoms with Gasteiger partial charge in [0, 0.05) is 50.4 Å². The van der Waals surface area contributed by atoms with Crippen molar-refractivity contribution in [1.82, 2.24) is 14.1 Å². The average molecular weight is 450 g/mol. The molecule has 0 unspecified atom stereocenters. The Balaban J connectivity index is 1.64. The molecule has 0 saturated heterocycles. The van der Waals surface area contributed by atoms with E-state index in [9.17, 15) is 13.2 Å². The normalized spacial score (nSPS) is 13.9. The number of fused-ring (bicyclic) bond motifs is 1. The van der Waals surface area contributed by atoms with E-state index in [2.05, 4.69) is 5.10 Å². The number of nitriles is 1. The number of sulfonamides is 1. The van der Waals surface area contributed by atoms with Crippen molar-refractivity contribution in [2.75, 3.05) is 11.4 Å². The molecule has 2 heterocycles. The van der Waals surface area contributed by atoms with Crippen molar-refractivity contribution in [2.45, 2.75) is 31.3 Å². The summed E-state index contributed by atoms with van der Waals surface area (Å²) in [4.78, 5) is 14.1. The third kappa shape index (κ3) is 4.02. The van der Waals surface area contributed by atoms with E-state index in [1.807, 2.05) is 43.4 Å². The van der Waals surface area contributed by atoms with Crippen LogP contribution in [0.4, 0.5) is 5.69 Å². The van der Waals surface area contributed by atoms with Crippen molar-refractivity contribution in [1.29, 1.82) is 5.26 Å². The van der Waals surface area contributed by atoms with Gasteiger partial charge in [-0.3, -0.25) is 9.48 Å². The van der Waals surface area contributed by atoms with Gasteiger partial charge < -0.3 is 4.90 Å². The van der Waals surface area contributed by atoms with Gasteiger partial charge in [0.2, 0.25) is 15.9 Å². The first-order valence-corrected chi connectivity index (χ1v) is 11.6. The number of carbonyl (C=O) groups excluding carboxylic acids is 1. The predicted molar refractivity (Wildman–Crippen MR) is 119 cm³/mol. The van der Waals surface area contributed by atoms with Crippen LogP contribution in [0, 0.1) is 11.3 Å². The van der Waals surface area contributed by atoms with Gasteiger partial charge in [0.15, 0.2) is 0 Å². The van der Waals surface area contributed by atoms with Gasteiger partial charge in [0.25, 0.3) is 0 Å². The fourth-order valence-electron chi connectivity index (χ4n) is 3.97. The van der Waals surface area contributed by atoms with E-state index in [0.29, 0.717) is 24.2 Å². The highest BCUT2D eigenvalue weighted by Gasteiger charge is 2.32. The van der Waals surface area contributed by atoms with Crippen LogP contribution in [0.3, 0.4) is 0 Å². The summed E-state index contributed by atoms with van der Waals surface area (Å²) in [7, 11) is -1.89. The molecular formula is C23H23N5O3S. The highest BCUT2D eigenvalue weighted by atomic mass is 32.2. The second-order valence-corrected chi connectivity index (χ2v) is 9.60. The summed E-state index contributed by atoms with van der Waals surface area (Å²) in [6.45, 7) is 2.28. The van der Waals surface area contributed by atoms with Crippen molar-refractivity contribution >= 4 is 21.6 Å². The molecule has 8 nitrogen and oxygen atoms in total. The molecule has 1 aliphatic rings. The molecule has 0 radical (unpaired) electrons. The Labute approximate surface area is 187 Å². The van der Waals surface area contributed by atoms with Crippen LogP contribution >= 0.6 is 0 Å². The number of nitrogens with zero attached hydrogens (tertiary/aromatic N) is 5. The minimum Gasteiger partial charge on any atom is -0.307 e. The third-order valence-corrected chi connectivity index (χ3v) is 7.53. The quantitative estimate of drug-likeness (QED) is 0.596. The number of hydrogen-bond acceptors (Lipinski definition) is 5. The van der Waals surface area contributed by atoms with Gasteiger partial charge in [0.1, 0.15) is 0 Å². The molecule has 1 amide bonds. The summed E-state index contributed by atoms with van der Waals surface area (Å²) in [6.07, 6.45) is 0.528. The SMILES string of the molecule is CC(=O)N(Cc1nn(C)c2c1CN(S(=O)(=O)c1ccc(C#N)cc1)CC2)c1ccccc1. The highest BCUT2D eigenvalue weighted by molar-refractivity contribution is 7.89. The molecule has 0 aliphatic carbocycles. The van der Waals surface area contributed by atoms with Crippen molar-refractivity contribution in [2.24, 2.45) is 7.05 Å². The van der Waals surface area contributed by atoms with Gasteiger partial charge in [-0.25, -0.2) is 8.42 Å². The van der Waals surface area contributed by atoms with E-state index in [0.717, 1.165) is 16.9 Å². The topological polar surface area (TPSA) is 99.3 Å². The summed E-state index contributed by atoms with van der Waals surface area (Å²) in [6, 6.07) is 17.3. The van der Waals surface area contributed by atoms with Crippen molar-refractivity contribution in [3.05, 3.63) is 77.1 Å². The van der Waals surface area contributed by atoms with Gasteiger partial charge in [-0.2, -0.15) is 14.7 Å². The molecular weight excluding hydrogens is 426 g/mol. The summed E-state index contributed by atoms with van der Waals surface area (Å²) in [5.74, 6) is -0.117. The fourth-order valence-corrected chi connectivity index (χ4v) is 5.38.